The monoisotopic (exact) mass is 394 g/mol. The van der Waals surface area contributed by atoms with Crippen LogP contribution in [0, 0.1) is 5.82 Å². The molecule has 0 aliphatic carbocycles. The van der Waals surface area contributed by atoms with E-state index in [0.29, 0.717) is 27.1 Å². The predicted octanol–water partition coefficient (Wildman–Crippen LogP) is 4.48. The minimum Gasteiger partial charge on any atom is -0.482 e. The maximum Gasteiger partial charge on any atom is 0.258 e. The molecule has 1 heterocycles. The van der Waals surface area contributed by atoms with Gasteiger partial charge in [-0.05, 0) is 30.3 Å². The van der Waals surface area contributed by atoms with Gasteiger partial charge in [-0.2, -0.15) is 0 Å². The standard InChI is InChI=1S/C18H13Cl2FN2O3/c19-11-5-6-16(14(20)7-11)25-10-18(24)22-9-12-8-17(26-23-12)13-3-1-2-4-15(13)21/h1-8H,9-10H2,(H,22,24). The van der Waals surface area contributed by atoms with Gasteiger partial charge in [0.2, 0.25) is 0 Å². The maximum absolute atomic E-state index is 13.7. The highest BCUT2D eigenvalue weighted by Gasteiger charge is 2.12. The lowest BCUT2D eigenvalue weighted by molar-refractivity contribution is -0.123. The number of aromatic nitrogens is 1. The van der Waals surface area contributed by atoms with Crippen LogP contribution >= 0.6 is 23.2 Å². The molecule has 0 saturated carbocycles. The van der Waals surface area contributed by atoms with Crippen LogP contribution in [0.5, 0.6) is 5.75 Å². The molecule has 1 amide bonds. The van der Waals surface area contributed by atoms with Crippen LogP contribution < -0.4 is 10.1 Å². The second-order valence-corrected chi connectivity index (χ2v) is 6.15. The molecule has 8 heteroatoms. The van der Waals surface area contributed by atoms with Crippen molar-refractivity contribution in [1.82, 2.24) is 10.5 Å². The van der Waals surface area contributed by atoms with Gasteiger partial charge in [-0.25, -0.2) is 4.39 Å². The van der Waals surface area contributed by atoms with Crippen molar-refractivity contribution in [3.05, 3.63) is 70.1 Å². The Hall–Kier alpha value is -2.57. The molecule has 3 aromatic rings. The van der Waals surface area contributed by atoms with Crippen LogP contribution in [0.4, 0.5) is 4.39 Å². The second-order valence-electron chi connectivity index (χ2n) is 5.30. The predicted molar refractivity (Wildman–Crippen MR) is 95.7 cm³/mol. The molecule has 0 atom stereocenters. The molecule has 0 radical (unpaired) electrons. The van der Waals surface area contributed by atoms with E-state index in [1.165, 1.54) is 12.1 Å². The minimum atomic E-state index is -0.410. The van der Waals surface area contributed by atoms with Gasteiger partial charge in [0.15, 0.2) is 12.4 Å². The average Bonchev–Trinajstić information content (AvgIpc) is 3.08. The average molecular weight is 395 g/mol. The summed E-state index contributed by atoms with van der Waals surface area (Å²) in [4.78, 5) is 11.9. The van der Waals surface area contributed by atoms with Crippen molar-refractivity contribution in [2.75, 3.05) is 6.61 Å². The van der Waals surface area contributed by atoms with Crippen molar-refractivity contribution >= 4 is 29.1 Å². The van der Waals surface area contributed by atoms with E-state index < -0.39 is 5.82 Å². The van der Waals surface area contributed by atoms with E-state index in [1.807, 2.05) is 0 Å². The molecule has 0 aliphatic heterocycles. The number of carbonyl (C=O) groups excluding carboxylic acids is 1. The second kappa shape index (κ2) is 8.21. The number of carbonyl (C=O) groups is 1. The molecular weight excluding hydrogens is 382 g/mol. The van der Waals surface area contributed by atoms with E-state index in [1.54, 1.807) is 36.4 Å². The van der Waals surface area contributed by atoms with Gasteiger partial charge in [0.05, 0.1) is 17.1 Å². The number of hydrogen-bond donors (Lipinski definition) is 1. The summed E-state index contributed by atoms with van der Waals surface area (Å²) in [6.07, 6.45) is 0. The molecule has 3 rings (SSSR count). The van der Waals surface area contributed by atoms with Crippen LogP contribution in [0.15, 0.2) is 53.1 Å². The molecule has 5 nitrogen and oxygen atoms in total. The molecule has 2 aromatic carbocycles. The summed E-state index contributed by atoms with van der Waals surface area (Å²) >= 11 is 11.8. The van der Waals surface area contributed by atoms with Crippen LogP contribution in [0.3, 0.4) is 0 Å². The zero-order valence-electron chi connectivity index (χ0n) is 13.3. The largest absolute Gasteiger partial charge is 0.482 e. The molecule has 1 aromatic heterocycles. The van der Waals surface area contributed by atoms with Crippen LogP contribution in [0.1, 0.15) is 5.69 Å². The first kappa shape index (κ1) is 18.2. The number of benzene rings is 2. The number of nitrogens with one attached hydrogen (secondary N) is 1. The summed E-state index contributed by atoms with van der Waals surface area (Å²) in [7, 11) is 0. The highest BCUT2D eigenvalue weighted by atomic mass is 35.5. The summed E-state index contributed by atoms with van der Waals surface area (Å²) < 4.78 is 24.2. The topological polar surface area (TPSA) is 64.4 Å². The number of ether oxygens (including phenoxy) is 1. The zero-order chi connectivity index (χ0) is 18.5. The van der Waals surface area contributed by atoms with Gasteiger partial charge in [0, 0.05) is 11.1 Å². The van der Waals surface area contributed by atoms with Crippen LogP contribution in [-0.2, 0) is 11.3 Å². The molecule has 0 fully saturated rings. The van der Waals surface area contributed by atoms with Gasteiger partial charge in [0.25, 0.3) is 5.91 Å². The minimum absolute atomic E-state index is 0.120. The van der Waals surface area contributed by atoms with Crippen molar-refractivity contribution < 1.29 is 18.4 Å². The van der Waals surface area contributed by atoms with E-state index in [2.05, 4.69) is 10.5 Å². The van der Waals surface area contributed by atoms with Gasteiger partial charge in [-0.3, -0.25) is 4.79 Å². The Morgan fingerprint density at radius 1 is 1.19 bits per heavy atom. The summed E-state index contributed by atoms with van der Waals surface area (Å²) in [5, 5.41) is 7.24. The molecule has 134 valence electrons. The number of halogens is 3. The number of amides is 1. The summed E-state index contributed by atoms with van der Waals surface area (Å²) in [5.41, 5.74) is 0.763. The third kappa shape index (κ3) is 4.53. The molecular formula is C18H13Cl2FN2O3. The SMILES string of the molecule is O=C(COc1ccc(Cl)cc1Cl)NCc1cc(-c2ccccc2F)on1. The van der Waals surface area contributed by atoms with Crippen LogP contribution in [0.25, 0.3) is 11.3 Å². The first-order valence-corrected chi connectivity index (χ1v) is 8.33. The van der Waals surface area contributed by atoms with Crippen molar-refractivity contribution in [3.8, 4) is 17.1 Å². The molecule has 0 aliphatic rings. The van der Waals surface area contributed by atoms with Gasteiger partial charge in [-0.1, -0.05) is 40.5 Å². The Morgan fingerprint density at radius 2 is 2.00 bits per heavy atom. The number of nitrogens with zero attached hydrogens (tertiary/aromatic N) is 1. The third-order valence-electron chi connectivity index (χ3n) is 3.42. The van der Waals surface area contributed by atoms with E-state index in [-0.39, 0.29) is 24.8 Å². The number of rotatable bonds is 6. The molecule has 0 bridgehead atoms. The maximum atomic E-state index is 13.7. The molecule has 0 spiro atoms. The Kier molecular flexibility index (Phi) is 5.75. The highest BCUT2D eigenvalue weighted by Crippen LogP contribution is 2.27. The van der Waals surface area contributed by atoms with Crippen molar-refractivity contribution in [1.29, 1.82) is 0 Å². The van der Waals surface area contributed by atoms with Gasteiger partial charge >= 0.3 is 0 Å². The Bertz CT molecular complexity index is 930. The normalized spacial score (nSPS) is 10.6. The fourth-order valence-electron chi connectivity index (χ4n) is 2.16. The molecule has 26 heavy (non-hydrogen) atoms. The van der Waals surface area contributed by atoms with E-state index >= 15 is 0 Å². The summed E-state index contributed by atoms with van der Waals surface area (Å²) in [5.74, 6) is -0.134. The lowest BCUT2D eigenvalue weighted by Crippen LogP contribution is -2.28. The summed E-state index contributed by atoms with van der Waals surface area (Å²) in [6.45, 7) is -0.103. The van der Waals surface area contributed by atoms with Gasteiger partial charge in [0.1, 0.15) is 17.3 Å². The lowest BCUT2D eigenvalue weighted by atomic mass is 10.1. The first-order valence-electron chi connectivity index (χ1n) is 7.58. The van der Waals surface area contributed by atoms with Crippen molar-refractivity contribution in [3.63, 3.8) is 0 Å². The van der Waals surface area contributed by atoms with Crippen LogP contribution in [-0.4, -0.2) is 17.7 Å². The Morgan fingerprint density at radius 3 is 2.77 bits per heavy atom. The summed E-state index contributed by atoms with van der Waals surface area (Å²) in [6, 6.07) is 12.5. The van der Waals surface area contributed by atoms with E-state index in [4.69, 9.17) is 32.5 Å². The quantitative estimate of drug-likeness (QED) is 0.669. The lowest BCUT2D eigenvalue weighted by Gasteiger charge is -2.08. The molecule has 0 unspecified atom stereocenters. The van der Waals surface area contributed by atoms with Gasteiger partial charge in [-0.15, -0.1) is 0 Å². The zero-order valence-corrected chi connectivity index (χ0v) is 14.9. The Balaban J connectivity index is 1.53. The van der Waals surface area contributed by atoms with E-state index in [9.17, 15) is 9.18 Å². The third-order valence-corrected chi connectivity index (χ3v) is 3.95. The van der Waals surface area contributed by atoms with Gasteiger partial charge < -0.3 is 14.6 Å². The van der Waals surface area contributed by atoms with E-state index in [0.717, 1.165) is 0 Å². The first-order chi connectivity index (χ1) is 12.5. The fraction of sp³-hybridized carbons (Fsp3) is 0.111. The number of hydrogen-bond acceptors (Lipinski definition) is 4. The molecule has 0 saturated heterocycles. The highest BCUT2D eigenvalue weighted by molar-refractivity contribution is 6.35. The van der Waals surface area contributed by atoms with Crippen molar-refractivity contribution in [2.45, 2.75) is 6.54 Å². The molecule has 1 N–H and O–H groups in total. The Labute approximate surface area is 158 Å². The fourth-order valence-corrected chi connectivity index (χ4v) is 2.62. The van der Waals surface area contributed by atoms with Crippen molar-refractivity contribution in [2.24, 2.45) is 0 Å². The van der Waals surface area contributed by atoms with Crippen LogP contribution in [0.2, 0.25) is 10.0 Å². The smallest absolute Gasteiger partial charge is 0.258 e.